The topological polar surface area (TPSA) is 46.2 Å². The molecule has 1 aromatic rings. The summed E-state index contributed by atoms with van der Waals surface area (Å²) in [5.74, 6) is 0.751. The van der Waals surface area contributed by atoms with Crippen LogP contribution < -0.4 is 5.73 Å². The summed E-state index contributed by atoms with van der Waals surface area (Å²) in [6.45, 7) is 8.02. The van der Waals surface area contributed by atoms with Gasteiger partial charge in [-0.15, -0.1) is 0 Å². The van der Waals surface area contributed by atoms with Crippen molar-refractivity contribution in [2.75, 3.05) is 0 Å². The van der Waals surface area contributed by atoms with Gasteiger partial charge in [0.2, 0.25) is 0 Å². The van der Waals surface area contributed by atoms with Gasteiger partial charge in [0.1, 0.15) is 5.75 Å². The summed E-state index contributed by atoms with van der Waals surface area (Å²) in [5.41, 5.74) is 8.66. The quantitative estimate of drug-likeness (QED) is 0.848. The van der Waals surface area contributed by atoms with E-state index in [9.17, 15) is 5.11 Å². The third-order valence-corrected chi connectivity index (χ3v) is 3.39. The van der Waals surface area contributed by atoms with Gasteiger partial charge in [-0.2, -0.15) is 0 Å². The van der Waals surface area contributed by atoms with Crippen LogP contribution in [0.3, 0.4) is 0 Å². The summed E-state index contributed by atoms with van der Waals surface area (Å²) in [6.07, 6.45) is 0.841. The lowest BCUT2D eigenvalue weighted by molar-refractivity contribution is 0.443. The zero-order valence-corrected chi connectivity index (χ0v) is 11.1. The summed E-state index contributed by atoms with van der Waals surface area (Å²) in [5, 5.41) is 10.6. The average molecular weight is 242 g/mol. The van der Waals surface area contributed by atoms with E-state index in [1.807, 2.05) is 13.8 Å². The van der Waals surface area contributed by atoms with Crippen LogP contribution in [0.1, 0.15) is 43.0 Å². The zero-order chi connectivity index (χ0) is 12.5. The van der Waals surface area contributed by atoms with Crippen LogP contribution in [-0.4, -0.2) is 5.11 Å². The molecule has 0 fully saturated rings. The van der Waals surface area contributed by atoms with Gasteiger partial charge in [0, 0.05) is 16.6 Å². The Balaban J connectivity index is 3.18. The fraction of sp³-hybridized carbons (Fsp3) is 0.538. The maximum Gasteiger partial charge on any atom is 0.120 e. The fourth-order valence-corrected chi connectivity index (χ4v) is 2.20. The summed E-state index contributed by atoms with van der Waals surface area (Å²) in [6, 6.07) is 1.53. The molecule has 0 saturated heterocycles. The van der Waals surface area contributed by atoms with Crippen molar-refractivity contribution in [3.8, 4) is 5.75 Å². The lowest BCUT2D eigenvalue weighted by Gasteiger charge is -2.20. The van der Waals surface area contributed by atoms with Crippen LogP contribution in [0.15, 0.2) is 6.07 Å². The predicted molar refractivity (Wildman–Crippen MR) is 69.0 cm³/mol. The molecular formula is C13H20ClNO. The molecule has 0 aliphatic heterocycles. The number of nitrogens with two attached hydrogens (primary N) is 1. The Bertz CT molecular complexity index is 388. The van der Waals surface area contributed by atoms with E-state index in [0.29, 0.717) is 10.9 Å². The minimum atomic E-state index is -0.155. The summed E-state index contributed by atoms with van der Waals surface area (Å²) in [4.78, 5) is 0. The second kappa shape index (κ2) is 5.07. The largest absolute Gasteiger partial charge is 0.508 e. The Morgan fingerprint density at radius 3 is 2.44 bits per heavy atom. The van der Waals surface area contributed by atoms with E-state index in [4.69, 9.17) is 17.3 Å². The molecule has 0 spiro atoms. The monoisotopic (exact) mass is 241 g/mol. The Labute approximate surface area is 102 Å². The number of aromatic hydroxyl groups is 1. The van der Waals surface area contributed by atoms with Gasteiger partial charge in [0.05, 0.1) is 0 Å². The first-order chi connectivity index (χ1) is 7.34. The number of benzene rings is 1. The Morgan fingerprint density at radius 1 is 1.38 bits per heavy atom. The second-order valence-electron chi connectivity index (χ2n) is 4.80. The summed E-state index contributed by atoms with van der Waals surface area (Å²) < 4.78 is 0. The van der Waals surface area contributed by atoms with Crippen molar-refractivity contribution in [3.63, 3.8) is 0 Å². The molecule has 0 radical (unpaired) electrons. The summed E-state index contributed by atoms with van der Waals surface area (Å²) in [7, 11) is 0. The number of hydrogen-bond donors (Lipinski definition) is 2. The van der Waals surface area contributed by atoms with Gasteiger partial charge in [-0.3, -0.25) is 0 Å². The lowest BCUT2D eigenvalue weighted by atomic mass is 9.92. The molecule has 1 rings (SSSR count). The smallest absolute Gasteiger partial charge is 0.120 e. The Morgan fingerprint density at radius 2 is 1.94 bits per heavy atom. The maximum absolute atomic E-state index is 9.94. The van der Waals surface area contributed by atoms with Gasteiger partial charge in [0.15, 0.2) is 0 Å². The molecule has 1 unspecified atom stereocenters. The van der Waals surface area contributed by atoms with E-state index in [1.54, 1.807) is 6.07 Å². The van der Waals surface area contributed by atoms with Crippen molar-refractivity contribution < 1.29 is 5.11 Å². The first-order valence-electron chi connectivity index (χ1n) is 5.58. The number of halogens is 1. The fourth-order valence-electron chi connectivity index (χ4n) is 2.05. The van der Waals surface area contributed by atoms with Crippen LogP contribution in [0.25, 0.3) is 0 Å². The first-order valence-corrected chi connectivity index (χ1v) is 5.96. The van der Waals surface area contributed by atoms with Crippen LogP contribution in [0.2, 0.25) is 5.02 Å². The van der Waals surface area contributed by atoms with Gasteiger partial charge in [-0.05, 0) is 43.4 Å². The normalized spacial score (nSPS) is 13.2. The lowest BCUT2D eigenvalue weighted by Crippen LogP contribution is -2.15. The van der Waals surface area contributed by atoms with E-state index >= 15 is 0 Å². The third kappa shape index (κ3) is 2.69. The van der Waals surface area contributed by atoms with Crippen molar-refractivity contribution in [1.29, 1.82) is 0 Å². The molecule has 1 aromatic carbocycles. The van der Waals surface area contributed by atoms with E-state index in [0.717, 1.165) is 23.1 Å². The predicted octanol–water partition coefficient (Wildman–Crippen LogP) is 3.71. The van der Waals surface area contributed by atoms with Crippen LogP contribution in [0.5, 0.6) is 5.75 Å². The molecule has 0 aliphatic carbocycles. The molecule has 0 aliphatic rings. The van der Waals surface area contributed by atoms with E-state index in [2.05, 4.69) is 13.8 Å². The van der Waals surface area contributed by atoms with Gasteiger partial charge in [-0.25, -0.2) is 0 Å². The van der Waals surface area contributed by atoms with Crippen molar-refractivity contribution in [2.45, 2.75) is 40.2 Å². The van der Waals surface area contributed by atoms with Gasteiger partial charge in [0.25, 0.3) is 0 Å². The maximum atomic E-state index is 9.94. The molecule has 0 heterocycles. The SMILES string of the molecule is Cc1cc(O)c(C(N)CC(C)C)c(C)c1Cl. The Hall–Kier alpha value is -0.730. The molecule has 2 nitrogen and oxygen atoms in total. The standard InChI is InChI=1S/C13H20ClNO/c1-7(2)5-10(15)12-9(4)13(14)8(3)6-11(12)16/h6-7,10,16H,5,15H2,1-4H3. The van der Waals surface area contributed by atoms with Gasteiger partial charge < -0.3 is 10.8 Å². The third-order valence-electron chi connectivity index (χ3n) is 2.80. The van der Waals surface area contributed by atoms with E-state index in [1.165, 1.54) is 0 Å². The second-order valence-corrected chi connectivity index (χ2v) is 5.18. The molecule has 16 heavy (non-hydrogen) atoms. The highest BCUT2D eigenvalue weighted by Gasteiger charge is 2.18. The minimum Gasteiger partial charge on any atom is -0.508 e. The van der Waals surface area contributed by atoms with E-state index < -0.39 is 0 Å². The van der Waals surface area contributed by atoms with Gasteiger partial charge in [-0.1, -0.05) is 25.4 Å². The molecule has 0 amide bonds. The highest BCUT2D eigenvalue weighted by molar-refractivity contribution is 6.32. The molecule has 0 aromatic heterocycles. The van der Waals surface area contributed by atoms with Crippen molar-refractivity contribution in [2.24, 2.45) is 11.7 Å². The molecule has 3 heteroatoms. The molecule has 90 valence electrons. The molecule has 3 N–H and O–H groups in total. The van der Waals surface area contributed by atoms with Crippen LogP contribution in [-0.2, 0) is 0 Å². The zero-order valence-electron chi connectivity index (χ0n) is 10.3. The Kier molecular flexibility index (Phi) is 4.22. The number of aryl methyl sites for hydroxylation is 1. The average Bonchev–Trinajstić information content (AvgIpc) is 2.13. The first kappa shape index (κ1) is 13.3. The minimum absolute atomic E-state index is 0.155. The number of phenolic OH excluding ortho intramolecular Hbond substituents is 1. The highest BCUT2D eigenvalue weighted by Crippen LogP contribution is 2.35. The van der Waals surface area contributed by atoms with Crippen molar-refractivity contribution in [1.82, 2.24) is 0 Å². The highest BCUT2D eigenvalue weighted by atomic mass is 35.5. The van der Waals surface area contributed by atoms with Crippen molar-refractivity contribution in [3.05, 3.63) is 27.8 Å². The molecule has 0 bridgehead atoms. The van der Waals surface area contributed by atoms with Crippen LogP contribution in [0.4, 0.5) is 0 Å². The molecule has 1 atom stereocenters. The molecular weight excluding hydrogens is 222 g/mol. The number of hydrogen-bond acceptors (Lipinski definition) is 2. The summed E-state index contributed by atoms with van der Waals surface area (Å²) >= 11 is 6.17. The number of phenols is 1. The van der Waals surface area contributed by atoms with Crippen LogP contribution in [0, 0.1) is 19.8 Å². The van der Waals surface area contributed by atoms with Gasteiger partial charge >= 0.3 is 0 Å². The van der Waals surface area contributed by atoms with Crippen molar-refractivity contribution >= 4 is 11.6 Å². The number of rotatable bonds is 3. The molecule has 0 saturated carbocycles. The van der Waals surface area contributed by atoms with Crippen LogP contribution >= 0.6 is 11.6 Å². The van der Waals surface area contributed by atoms with E-state index in [-0.39, 0.29) is 11.8 Å².